The number of benzene rings is 9. The maximum Gasteiger partial charge on any atom is 0.183 e. The van der Waals surface area contributed by atoms with Crippen molar-refractivity contribution in [2.24, 2.45) is 0 Å². The zero-order valence-corrected chi connectivity index (χ0v) is 34.1. The minimum atomic E-state index is -0.520. The smallest absolute Gasteiger partial charge is 0.183 e. The summed E-state index contributed by atoms with van der Waals surface area (Å²) in [7, 11) is 0. The molecule has 0 fully saturated rings. The van der Waals surface area contributed by atoms with Crippen LogP contribution in [-0.2, 0) is 5.41 Å². The summed E-state index contributed by atoms with van der Waals surface area (Å²) in [6, 6.07) is 75.1. The fraction of sp³-hybridized carbons (Fsp3) is 0.0175. The van der Waals surface area contributed by atoms with Crippen molar-refractivity contribution >= 4 is 22.5 Å². The molecule has 4 nitrogen and oxygen atoms in total. The molecule has 0 amide bonds. The molecule has 288 valence electrons. The quantitative estimate of drug-likeness (QED) is 0.173. The van der Waals surface area contributed by atoms with Gasteiger partial charge in [-0.05, 0) is 109 Å². The van der Waals surface area contributed by atoms with Crippen LogP contribution in [-0.4, -0.2) is 15.2 Å². The fourth-order valence-corrected chi connectivity index (χ4v) is 11.0. The van der Waals surface area contributed by atoms with Gasteiger partial charge in [0.05, 0.1) is 17.0 Å². The van der Waals surface area contributed by atoms with Crippen LogP contribution in [0.15, 0.2) is 216 Å². The lowest BCUT2D eigenvalue weighted by Crippen LogP contribution is -2.32. The van der Waals surface area contributed by atoms with Crippen LogP contribution >= 0.6 is 11.8 Å². The van der Waals surface area contributed by atoms with Gasteiger partial charge in [-0.25, -0.2) is 4.98 Å². The van der Waals surface area contributed by atoms with E-state index < -0.39 is 5.41 Å². The van der Waals surface area contributed by atoms with Crippen LogP contribution < -0.4 is 0 Å². The highest BCUT2D eigenvalue weighted by Crippen LogP contribution is 2.63. The van der Waals surface area contributed by atoms with Crippen molar-refractivity contribution in [1.29, 1.82) is 5.26 Å². The number of nitrogens with zero attached hydrogens (tertiary/aromatic N) is 4. The van der Waals surface area contributed by atoms with Crippen LogP contribution in [0.25, 0.3) is 78.1 Å². The van der Waals surface area contributed by atoms with Crippen molar-refractivity contribution in [3.05, 3.63) is 234 Å². The Morgan fingerprint density at radius 1 is 0.403 bits per heavy atom. The van der Waals surface area contributed by atoms with Gasteiger partial charge in [-0.15, -0.1) is 10.2 Å². The maximum absolute atomic E-state index is 9.67. The van der Waals surface area contributed by atoms with Gasteiger partial charge in [-0.3, -0.25) is 0 Å². The first-order valence-electron chi connectivity index (χ1n) is 20.7. The predicted octanol–water partition coefficient (Wildman–Crippen LogP) is 14.1. The largest absolute Gasteiger partial charge is 0.224 e. The first-order chi connectivity index (χ1) is 30.7. The molecule has 0 N–H and O–H groups in total. The summed E-state index contributed by atoms with van der Waals surface area (Å²) < 4.78 is 0. The van der Waals surface area contributed by atoms with E-state index in [1.807, 2.05) is 30.3 Å². The number of hydrogen-bond acceptors (Lipinski definition) is 5. The molecule has 10 aromatic rings. The molecule has 0 saturated carbocycles. The second-order valence-corrected chi connectivity index (χ2v) is 16.9. The molecule has 2 aliphatic rings. The van der Waals surface area contributed by atoms with Crippen molar-refractivity contribution in [2.45, 2.75) is 15.2 Å². The lowest BCUT2D eigenvalue weighted by atomic mass is 9.67. The molecular weight excluding hydrogens is 773 g/mol. The van der Waals surface area contributed by atoms with Crippen LogP contribution in [0.4, 0.5) is 0 Å². The molecule has 9 aromatic carbocycles. The van der Waals surface area contributed by atoms with Crippen LogP contribution in [0, 0.1) is 11.3 Å². The third-order valence-electron chi connectivity index (χ3n) is 12.5. The molecule has 0 unspecified atom stereocenters. The van der Waals surface area contributed by atoms with Crippen molar-refractivity contribution in [1.82, 2.24) is 15.2 Å². The molecule has 5 heteroatoms. The minimum absolute atomic E-state index is 0.520. The summed E-state index contributed by atoms with van der Waals surface area (Å²) in [4.78, 5) is 7.88. The van der Waals surface area contributed by atoms with Crippen LogP contribution in [0.1, 0.15) is 27.8 Å². The van der Waals surface area contributed by atoms with Crippen molar-refractivity contribution in [2.75, 3.05) is 0 Å². The van der Waals surface area contributed by atoms with E-state index in [1.54, 1.807) is 11.8 Å². The van der Waals surface area contributed by atoms with E-state index in [4.69, 9.17) is 15.2 Å². The second-order valence-electron chi connectivity index (χ2n) is 15.9. The van der Waals surface area contributed by atoms with E-state index in [0.717, 1.165) is 49.5 Å². The number of fused-ring (bicyclic) bond motifs is 10. The number of nitriles is 1. The van der Waals surface area contributed by atoms with Gasteiger partial charge in [-0.1, -0.05) is 176 Å². The van der Waals surface area contributed by atoms with E-state index in [2.05, 4.69) is 182 Å². The molecular formula is C57H34N4S. The normalized spacial score (nSPS) is 12.9. The van der Waals surface area contributed by atoms with Crippen LogP contribution in [0.5, 0.6) is 0 Å². The van der Waals surface area contributed by atoms with E-state index in [0.29, 0.717) is 17.1 Å². The predicted molar refractivity (Wildman–Crippen MR) is 251 cm³/mol. The van der Waals surface area contributed by atoms with Gasteiger partial charge in [0.2, 0.25) is 0 Å². The number of hydrogen-bond donors (Lipinski definition) is 0. The van der Waals surface area contributed by atoms with Crippen LogP contribution in [0.2, 0.25) is 0 Å². The lowest BCUT2D eigenvalue weighted by Gasteiger charge is -2.40. The Balaban J connectivity index is 1.07. The molecule has 0 saturated heterocycles. The standard InChI is InChI=1S/C57H34N4S/c58-35-36-13-9-16-38(31-36)40-17-11-20-44(34-40)54-53(43-19-10-18-41(33-43)42-30-29-37-14-1-2-15-39(37)32-42)59-56(61-60-54)47-23-12-27-51-55(47)62-52-28-8-7-26-50(52)57(51)48-24-5-3-21-45(48)46-22-4-6-25-49(46)57/h1-34H. The van der Waals surface area contributed by atoms with E-state index >= 15 is 0 Å². The molecule has 62 heavy (non-hydrogen) atoms. The zero-order chi connectivity index (χ0) is 41.2. The first-order valence-corrected chi connectivity index (χ1v) is 21.5. The molecule has 1 aliphatic carbocycles. The van der Waals surface area contributed by atoms with E-state index in [-0.39, 0.29) is 0 Å². The molecule has 0 radical (unpaired) electrons. The zero-order valence-electron chi connectivity index (χ0n) is 33.3. The van der Waals surface area contributed by atoms with Gasteiger partial charge in [0.25, 0.3) is 0 Å². The third kappa shape index (κ3) is 5.58. The SMILES string of the molecule is N#Cc1cccc(-c2cccc(-c3nnc(-c4cccc5c4Sc4ccccc4C54c5ccccc5-c5ccccc54)nc3-c3cccc(-c4ccc5ccccc5c4)c3)c2)c1. The van der Waals surface area contributed by atoms with Gasteiger partial charge in [0, 0.05) is 26.5 Å². The summed E-state index contributed by atoms with van der Waals surface area (Å²) in [6.45, 7) is 0. The Hall–Kier alpha value is -7.91. The van der Waals surface area contributed by atoms with Crippen molar-refractivity contribution in [3.8, 4) is 73.4 Å². The van der Waals surface area contributed by atoms with Crippen molar-refractivity contribution in [3.63, 3.8) is 0 Å². The molecule has 12 rings (SSSR count). The number of rotatable bonds is 5. The Morgan fingerprint density at radius 3 is 1.69 bits per heavy atom. The first kappa shape index (κ1) is 36.0. The summed E-state index contributed by atoms with van der Waals surface area (Å²) >= 11 is 1.79. The molecule has 0 bridgehead atoms. The summed E-state index contributed by atoms with van der Waals surface area (Å²) in [5.74, 6) is 0.566. The van der Waals surface area contributed by atoms with Crippen LogP contribution in [0.3, 0.4) is 0 Å². The molecule has 1 spiro atoms. The van der Waals surface area contributed by atoms with Gasteiger partial charge in [-0.2, -0.15) is 5.26 Å². The molecule has 2 heterocycles. The maximum atomic E-state index is 9.67. The topological polar surface area (TPSA) is 62.5 Å². The summed E-state index contributed by atoms with van der Waals surface area (Å²) in [5, 5.41) is 22.2. The van der Waals surface area contributed by atoms with Crippen molar-refractivity contribution < 1.29 is 0 Å². The highest BCUT2D eigenvalue weighted by Gasteiger charge is 2.50. The van der Waals surface area contributed by atoms with E-state index in [1.165, 1.54) is 49.0 Å². The summed E-state index contributed by atoms with van der Waals surface area (Å²) in [6.07, 6.45) is 0. The van der Waals surface area contributed by atoms with E-state index in [9.17, 15) is 5.26 Å². The fourth-order valence-electron chi connectivity index (χ4n) is 9.72. The molecule has 0 atom stereocenters. The van der Waals surface area contributed by atoms with Gasteiger partial charge in [0.15, 0.2) is 5.82 Å². The Labute approximate surface area is 363 Å². The third-order valence-corrected chi connectivity index (χ3v) is 13.7. The average molecular weight is 807 g/mol. The Bertz CT molecular complexity index is 3450. The van der Waals surface area contributed by atoms with Gasteiger partial charge >= 0.3 is 0 Å². The Kier molecular flexibility index (Phi) is 8.35. The highest BCUT2D eigenvalue weighted by atomic mass is 32.2. The molecule has 1 aliphatic heterocycles. The Morgan fingerprint density at radius 2 is 0.952 bits per heavy atom. The lowest BCUT2D eigenvalue weighted by molar-refractivity contribution is 0.722. The second kappa shape index (κ2) is 14.4. The highest BCUT2D eigenvalue weighted by molar-refractivity contribution is 7.99. The van der Waals surface area contributed by atoms with Gasteiger partial charge in [0.1, 0.15) is 11.4 Å². The van der Waals surface area contributed by atoms with Gasteiger partial charge < -0.3 is 0 Å². The number of aromatic nitrogens is 3. The minimum Gasteiger partial charge on any atom is -0.224 e. The average Bonchev–Trinajstić information content (AvgIpc) is 3.64. The monoisotopic (exact) mass is 806 g/mol. The molecule has 1 aromatic heterocycles. The summed E-state index contributed by atoms with van der Waals surface area (Å²) in [5.41, 5.74) is 16.0.